The summed E-state index contributed by atoms with van der Waals surface area (Å²) in [6.45, 7) is 4.50. The van der Waals surface area contributed by atoms with Crippen molar-refractivity contribution in [2.75, 3.05) is 32.7 Å². The van der Waals surface area contributed by atoms with Gasteiger partial charge in [-0.05, 0) is 62.0 Å². The average molecular weight is 399 g/mol. The maximum atomic E-state index is 14.0. The van der Waals surface area contributed by atoms with Crippen LogP contribution in [0.5, 0.6) is 0 Å². The molecule has 5 nitrogen and oxygen atoms in total. The number of carbonyl (C=O) groups excluding carboxylic acids is 1. The Balaban J connectivity index is 1.41. The van der Waals surface area contributed by atoms with Crippen molar-refractivity contribution < 1.29 is 9.18 Å². The highest BCUT2D eigenvalue weighted by atomic mass is 19.1. The fraction of sp³-hybridized carbons (Fsp3) is 0.652. The Hall–Kier alpha value is -1.95. The van der Waals surface area contributed by atoms with Crippen molar-refractivity contribution in [3.8, 4) is 0 Å². The van der Waals surface area contributed by atoms with Crippen molar-refractivity contribution in [1.29, 1.82) is 0 Å². The number of aliphatic imine (C=N–C) groups is 1. The Morgan fingerprint density at radius 2 is 1.97 bits per heavy atom. The van der Waals surface area contributed by atoms with Crippen LogP contribution in [0, 0.1) is 5.82 Å². The first-order chi connectivity index (χ1) is 14.2. The molecular formula is C23H31FN4O. The van der Waals surface area contributed by atoms with Gasteiger partial charge in [-0.2, -0.15) is 0 Å². The molecule has 5 rings (SSSR count). The summed E-state index contributed by atoms with van der Waals surface area (Å²) in [4.78, 5) is 22.7. The summed E-state index contributed by atoms with van der Waals surface area (Å²) in [7, 11) is 0. The molecule has 1 amide bonds. The van der Waals surface area contributed by atoms with Crippen LogP contribution in [0.2, 0.25) is 0 Å². The molecule has 156 valence electrons. The van der Waals surface area contributed by atoms with Gasteiger partial charge in [0, 0.05) is 19.1 Å². The fourth-order valence-corrected chi connectivity index (χ4v) is 5.92. The van der Waals surface area contributed by atoms with E-state index in [0.717, 1.165) is 56.0 Å². The second-order valence-corrected chi connectivity index (χ2v) is 9.13. The van der Waals surface area contributed by atoms with E-state index in [1.165, 1.54) is 38.2 Å². The summed E-state index contributed by atoms with van der Waals surface area (Å²) in [6, 6.07) is 5.72. The van der Waals surface area contributed by atoms with Crippen LogP contribution >= 0.6 is 0 Å². The van der Waals surface area contributed by atoms with Gasteiger partial charge >= 0.3 is 0 Å². The van der Waals surface area contributed by atoms with Crippen LogP contribution in [0.15, 0.2) is 23.2 Å². The van der Waals surface area contributed by atoms with Crippen molar-refractivity contribution in [1.82, 2.24) is 15.1 Å². The van der Waals surface area contributed by atoms with E-state index in [1.54, 1.807) is 6.07 Å². The molecule has 1 N–H and O–H groups in total. The molecule has 1 aliphatic carbocycles. The predicted molar refractivity (Wildman–Crippen MR) is 111 cm³/mol. The molecule has 1 aromatic carbocycles. The number of benzene rings is 1. The molecule has 6 heteroatoms. The van der Waals surface area contributed by atoms with Gasteiger partial charge in [-0.15, -0.1) is 0 Å². The molecule has 29 heavy (non-hydrogen) atoms. The molecule has 1 aromatic rings. The molecule has 3 aliphatic heterocycles. The molecule has 0 aromatic heterocycles. The van der Waals surface area contributed by atoms with Crippen LogP contribution in [0.25, 0.3) is 0 Å². The summed E-state index contributed by atoms with van der Waals surface area (Å²) >= 11 is 0. The van der Waals surface area contributed by atoms with E-state index in [2.05, 4.69) is 15.2 Å². The number of nitrogens with zero attached hydrogens (tertiary/aromatic N) is 3. The summed E-state index contributed by atoms with van der Waals surface area (Å²) in [5, 5.41) is 3.28. The van der Waals surface area contributed by atoms with Crippen molar-refractivity contribution in [2.45, 2.75) is 62.9 Å². The standard InChI is InChI=1S/C23H31FN4O/c24-18-6-7-20-17(14-18)15-28(16-21-25-10-11-26-21)22(29)23(20)8-12-27(13-9-23)19-4-2-1-3-5-19/h6-7,14,19H,1-5,8-13,15-16H2,(H,25,26). The van der Waals surface area contributed by atoms with Crippen molar-refractivity contribution in [3.05, 3.63) is 35.1 Å². The third-order valence-corrected chi connectivity index (χ3v) is 7.47. The lowest BCUT2D eigenvalue weighted by Crippen LogP contribution is -2.58. The van der Waals surface area contributed by atoms with Crippen molar-refractivity contribution in [2.24, 2.45) is 4.99 Å². The summed E-state index contributed by atoms with van der Waals surface area (Å²) in [5.74, 6) is 0.869. The van der Waals surface area contributed by atoms with Gasteiger partial charge in [-0.3, -0.25) is 9.79 Å². The minimum atomic E-state index is -0.508. The number of piperidine rings is 1. The second-order valence-electron chi connectivity index (χ2n) is 9.13. The molecule has 1 saturated carbocycles. The van der Waals surface area contributed by atoms with Crippen LogP contribution in [0.1, 0.15) is 56.1 Å². The summed E-state index contributed by atoms with van der Waals surface area (Å²) in [6.07, 6.45) is 8.26. The highest BCUT2D eigenvalue weighted by Gasteiger charge is 2.49. The number of halogens is 1. The molecule has 0 unspecified atom stereocenters. The summed E-state index contributed by atoms with van der Waals surface area (Å²) < 4.78 is 14.0. The minimum Gasteiger partial charge on any atom is -0.370 e. The van der Waals surface area contributed by atoms with Gasteiger partial charge in [0.15, 0.2) is 0 Å². The van der Waals surface area contributed by atoms with Gasteiger partial charge in [0.1, 0.15) is 11.7 Å². The molecular weight excluding hydrogens is 367 g/mol. The van der Waals surface area contributed by atoms with Gasteiger partial charge in [0.05, 0.1) is 18.5 Å². The van der Waals surface area contributed by atoms with E-state index in [-0.39, 0.29) is 11.7 Å². The minimum absolute atomic E-state index is 0.205. The zero-order valence-corrected chi connectivity index (χ0v) is 17.1. The van der Waals surface area contributed by atoms with Crippen molar-refractivity contribution in [3.63, 3.8) is 0 Å². The highest BCUT2D eigenvalue weighted by molar-refractivity contribution is 5.95. The number of nitrogens with one attached hydrogen (secondary N) is 1. The lowest BCUT2D eigenvalue weighted by molar-refractivity contribution is -0.141. The third kappa shape index (κ3) is 3.45. The van der Waals surface area contributed by atoms with E-state index in [0.29, 0.717) is 19.1 Å². The molecule has 0 radical (unpaired) electrons. The van der Waals surface area contributed by atoms with Crippen LogP contribution in [0.4, 0.5) is 4.39 Å². The fourth-order valence-electron chi connectivity index (χ4n) is 5.92. The normalized spacial score (nSPS) is 25.1. The maximum absolute atomic E-state index is 14.0. The van der Waals surface area contributed by atoms with E-state index >= 15 is 0 Å². The van der Waals surface area contributed by atoms with Crippen LogP contribution in [-0.4, -0.2) is 60.3 Å². The molecule has 4 aliphatic rings. The maximum Gasteiger partial charge on any atom is 0.234 e. The zero-order chi connectivity index (χ0) is 19.8. The quantitative estimate of drug-likeness (QED) is 0.852. The third-order valence-electron chi connectivity index (χ3n) is 7.47. The number of fused-ring (bicyclic) bond motifs is 2. The average Bonchev–Trinajstić information content (AvgIpc) is 3.26. The molecule has 1 spiro atoms. The topological polar surface area (TPSA) is 47.9 Å². The lowest BCUT2D eigenvalue weighted by atomic mass is 9.67. The Kier molecular flexibility index (Phi) is 5.06. The first-order valence-electron chi connectivity index (χ1n) is 11.3. The predicted octanol–water partition coefficient (Wildman–Crippen LogP) is 2.84. The number of amidine groups is 1. The Morgan fingerprint density at radius 1 is 1.17 bits per heavy atom. The van der Waals surface area contributed by atoms with Crippen LogP contribution in [0.3, 0.4) is 0 Å². The van der Waals surface area contributed by atoms with Gasteiger partial charge in [-0.1, -0.05) is 25.3 Å². The summed E-state index contributed by atoms with van der Waals surface area (Å²) in [5.41, 5.74) is 1.52. The molecule has 3 heterocycles. The highest BCUT2D eigenvalue weighted by Crippen LogP contribution is 2.44. The van der Waals surface area contributed by atoms with Gasteiger partial charge in [-0.25, -0.2) is 4.39 Å². The Morgan fingerprint density at radius 3 is 2.69 bits per heavy atom. The Labute approximate surface area is 172 Å². The molecule has 2 fully saturated rings. The number of hydrogen-bond acceptors (Lipinski definition) is 4. The first kappa shape index (κ1) is 19.0. The second kappa shape index (κ2) is 7.71. The monoisotopic (exact) mass is 398 g/mol. The SMILES string of the molecule is O=C1N(CC2=NCCN2)Cc2cc(F)ccc2C12CCN(C1CCCCC1)CC2. The van der Waals surface area contributed by atoms with Crippen LogP contribution in [-0.2, 0) is 16.8 Å². The van der Waals surface area contributed by atoms with E-state index in [1.807, 2.05) is 11.0 Å². The van der Waals surface area contributed by atoms with Crippen LogP contribution < -0.4 is 5.32 Å². The van der Waals surface area contributed by atoms with E-state index < -0.39 is 5.41 Å². The molecule has 0 atom stereocenters. The number of carbonyl (C=O) groups is 1. The van der Waals surface area contributed by atoms with Gasteiger partial charge in [0.25, 0.3) is 0 Å². The molecule has 1 saturated heterocycles. The number of amides is 1. The number of hydrogen-bond donors (Lipinski definition) is 1. The zero-order valence-electron chi connectivity index (χ0n) is 17.1. The number of likely N-dealkylation sites (tertiary alicyclic amines) is 1. The van der Waals surface area contributed by atoms with Crippen molar-refractivity contribution >= 4 is 11.7 Å². The van der Waals surface area contributed by atoms with E-state index in [4.69, 9.17) is 0 Å². The smallest absolute Gasteiger partial charge is 0.234 e. The largest absolute Gasteiger partial charge is 0.370 e. The van der Waals surface area contributed by atoms with Gasteiger partial charge < -0.3 is 15.1 Å². The lowest BCUT2D eigenvalue weighted by Gasteiger charge is -2.49. The molecule has 0 bridgehead atoms. The van der Waals surface area contributed by atoms with Gasteiger partial charge in [0.2, 0.25) is 5.91 Å². The number of rotatable bonds is 3. The first-order valence-corrected chi connectivity index (χ1v) is 11.3. The Bertz CT molecular complexity index is 809. The van der Waals surface area contributed by atoms with E-state index in [9.17, 15) is 9.18 Å².